The van der Waals surface area contributed by atoms with Crippen molar-refractivity contribution in [3.05, 3.63) is 0 Å². The van der Waals surface area contributed by atoms with Crippen molar-refractivity contribution in [3.8, 4) is 0 Å². The molecule has 0 radical (unpaired) electrons. The van der Waals surface area contributed by atoms with Crippen LogP contribution >= 0.6 is 0 Å². The number of carbonyl (C=O) groups is 2. The van der Waals surface area contributed by atoms with E-state index in [2.05, 4.69) is 6.92 Å². The van der Waals surface area contributed by atoms with Crippen LogP contribution in [-0.4, -0.2) is 59.0 Å². The molecule has 0 saturated carbocycles. The second kappa shape index (κ2) is 6.34. The van der Waals surface area contributed by atoms with Crippen molar-refractivity contribution in [2.24, 2.45) is 11.3 Å². The molecule has 2 atom stereocenters. The Labute approximate surface area is 127 Å². The van der Waals surface area contributed by atoms with Gasteiger partial charge in [-0.3, -0.25) is 14.5 Å². The summed E-state index contributed by atoms with van der Waals surface area (Å²) < 4.78 is 0. The molecule has 2 fully saturated rings. The van der Waals surface area contributed by atoms with Crippen LogP contribution in [-0.2, 0) is 9.59 Å². The third-order valence-electron chi connectivity index (χ3n) is 4.95. The number of likely N-dealkylation sites (tertiary alicyclic amines) is 2. The van der Waals surface area contributed by atoms with Crippen molar-refractivity contribution in [2.45, 2.75) is 52.5 Å². The van der Waals surface area contributed by atoms with Gasteiger partial charge in [-0.2, -0.15) is 0 Å². The van der Waals surface area contributed by atoms with Gasteiger partial charge in [-0.15, -0.1) is 0 Å². The van der Waals surface area contributed by atoms with Gasteiger partial charge in [0.05, 0.1) is 6.54 Å². The van der Waals surface area contributed by atoms with Crippen molar-refractivity contribution in [2.75, 3.05) is 26.2 Å². The number of aliphatic carboxylic acids is 1. The lowest BCUT2D eigenvalue weighted by Crippen LogP contribution is -2.57. The van der Waals surface area contributed by atoms with Crippen LogP contribution in [0.5, 0.6) is 0 Å². The Morgan fingerprint density at radius 2 is 1.95 bits per heavy atom. The zero-order chi connectivity index (χ0) is 15.6. The summed E-state index contributed by atoms with van der Waals surface area (Å²) in [6.45, 7) is 8.73. The van der Waals surface area contributed by atoms with E-state index in [1.807, 2.05) is 23.6 Å². The molecule has 5 nitrogen and oxygen atoms in total. The zero-order valence-corrected chi connectivity index (χ0v) is 13.5. The average Bonchev–Trinajstić information content (AvgIpc) is 2.37. The van der Waals surface area contributed by atoms with Gasteiger partial charge in [0.1, 0.15) is 6.04 Å². The van der Waals surface area contributed by atoms with E-state index in [1.54, 1.807) is 0 Å². The van der Waals surface area contributed by atoms with E-state index in [0.717, 1.165) is 32.4 Å². The first-order valence-electron chi connectivity index (χ1n) is 8.06. The Bertz CT molecular complexity index is 408. The van der Waals surface area contributed by atoms with E-state index in [9.17, 15) is 14.7 Å². The van der Waals surface area contributed by atoms with Crippen LogP contribution in [0.2, 0.25) is 0 Å². The van der Waals surface area contributed by atoms with Crippen molar-refractivity contribution in [1.29, 1.82) is 0 Å². The molecule has 2 rings (SSSR count). The van der Waals surface area contributed by atoms with Gasteiger partial charge in [0, 0.05) is 13.1 Å². The van der Waals surface area contributed by atoms with Crippen LogP contribution < -0.4 is 0 Å². The second-order valence-corrected chi connectivity index (χ2v) is 7.39. The largest absolute Gasteiger partial charge is 0.480 e. The summed E-state index contributed by atoms with van der Waals surface area (Å²) in [6, 6.07) is -0.558. The maximum atomic E-state index is 12.5. The first kappa shape index (κ1) is 16.3. The minimum absolute atomic E-state index is 0.0884. The molecular weight excluding hydrogens is 268 g/mol. The molecule has 2 unspecified atom stereocenters. The maximum Gasteiger partial charge on any atom is 0.321 e. The van der Waals surface area contributed by atoms with Crippen molar-refractivity contribution < 1.29 is 14.7 Å². The lowest BCUT2D eigenvalue weighted by atomic mass is 9.76. The van der Waals surface area contributed by atoms with Gasteiger partial charge in [0.2, 0.25) is 5.91 Å². The van der Waals surface area contributed by atoms with Crippen LogP contribution in [0.25, 0.3) is 0 Å². The lowest BCUT2D eigenvalue weighted by Gasteiger charge is -2.44. The fraction of sp³-hybridized carbons (Fsp3) is 0.875. The topological polar surface area (TPSA) is 60.9 Å². The fourth-order valence-electron chi connectivity index (χ4n) is 3.85. The Morgan fingerprint density at radius 1 is 1.24 bits per heavy atom. The van der Waals surface area contributed by atoms with Gasteiger partial charge in [0.25, 0.3) is 0 Å². The van der Waals surface area contributed by atoms with E-state index in [-0.39, 0.29) is 17.9 Å². The van der Waals surface area contributed by atoms with Crippen LogP contribution in [0.15, 0.2) is 0 Å². The zero-order valence-electron chi connectivity index (χ0n) is 13.5. The van der Waals surface area contributed by atoms with Gasteiger partial charge in [-0.25, -0.2) is 0 Å². The molecule has 0 bridgehead atoms. The summed E-state index contributed by atoms with van der Waals surface area (Å²) in [5.41, 5.74) is -0.278. The van der Waals surface area contributed by atoms with Crippen molar-refractivity contribution >= 4 is 11.9 Å². The smallest absolute Gasteiger partial charge is 0.321 e. The minimum Gasteiger partial charge on any atom is -0.480 e. The molecular formula is C16H28N2O3. The minimum atomic E-state index is -0.806. The normalized spacial score (nSPS) is 30.1. The second-order valence-electron chi connectivity index (χ2n) is 7.39. The summed E-state index contributed by atoms with van der Waals surface area (Å²) >= 11 is 0. The van der Waals surface area contributed by atoms with Gasteiger partial charge >= 0.3 is 5.97 Å². The summed E-state index contributed by atoms with van der Waals surface area (Å²) in [7, 11) is 0. The van der Waals surface area contributed by atoms with E-state index in [4.69, 9.17) is 0 Å². The quantitative estimate of drug-likeness (QED) is 0.863. The molecule has 5 heteroatoms. The highest BCUT2D eigenvalue weighted by Gasteiger charge is 2.43. The average molecular weight is 296 g/mol. The Hall–Kier alpha value is -1.10. The van der Waals surface area contributed by atoms with Gasteiger partial charge in [0.15, 0.2) is 0 Å². The summed E-state index contributed by atoms with van der Waals surface area (Å²) in [6.07, 6.45) is 4.09. The molecule has 1 N–H and O–H groups in total. The number of carboxylic acids is 1. The number of piperidine rings is 2. The van der Waals surface area contributed by atoms with E-state index >= 15 is 0 Å². The molecule has 21 heavy (non-hydrogen) atoms. The van der Waals surface area contributed by atoms with Crippen molar-refractivity contribution in [3.63, 3.8) is 0 Å². The van der Waals surface area contributed by atoms with E-state index in [1.165, 1.54) is 6.42 Å². The monoisotopic (exact) mass is 296 g/mol. The molecule has 2 aliphatic rings. The van der Waals surface area contributed by atoms with Crippen LogP contribution in [0, 0.1) is 11.3 Å². The SMILES string of the molecule is CC1CCCN(C(=O)CN2CCCC(C)(C)C2C(=O)O)C1. The molecule has 120 valence electrons. The predicted molar refractivity (Wildman–Crippen MR) is 81.0 cm³/mol. The van der Waals surface area contributed by atoms with E-state index in [0.29, 0.717) is 12.5 Å². The highest BCUT2D eigenvalue weighted by atomic mass is 16.4. The lowest BCUT2D eigenvalue weighted by molar-refractivity contribution is -0.152. The van der Waals surface area contributed by atoms with Gasteiger partial charge < -0.3 is 10.0 Å². The number of nitrogens with zero attached hydrogens (tertiary/aromatic N) is 2. The highest BCUT2D eigenvalue weighted by Crippen LogP contribution is 2.35. The summed E-state index contributed by atoms with van der Waals surface area (Å²) in [5, 5.41) is 9.54. The van der Waals surface area contributed by atoms with Crippen LogP contribution in [0.1, 0.15) is 46.5 Å². The summed E-state index contributed by atoms with van der Waals surface area (Å²) in [5.74, 6) is -0.166. The molecule has 0 spiro atoms. The Balaban J connectivity index is 2.02. The molecule has 0 aromatic rings. The molecule has 0 aromatic heterocycles. The molecule has 2 aliphatic heterocycles. The third-order valence-corrected chi connectivity index (χ3v) is 4.95. The van der Waals surface area contributed by atoms with Gasteiger partial charge in [-0.05, 0) is 43.6 Å². The number of amides is 1. The predicted octanol–water partition coefficient (Wildman–Crippen LogP) is 1.82. The number of hydrogen-bond acceptors (Lipinski definition) is 3. The Kier molecular flexibility index (Phi) is 4.91. The number of hydrogen-bond donors (Lipinski definition) is 1. The number of carbonyl (C=O) groups excluding carboxylic acids is 1. The maximum absolute atomic E-state index is 12.5. The standard InChI is InChI=1S/C16H28N2O3/c1-12-6-4-8-17(10-12)13(19)11-18-9-5-7-16(2,3)14(18)15(20)21/h12,14H,4-11H2,1-3H3,(H,20,21). The first-order valence-corrected chi connectivity index (χ1v) is 8.06. The first-order chi connectivity index (χ1) is 9.81. The Morgan fingerprint density at radius 3 is 2.57 bits per heavy atom. The fourth-order valence-corrected chi connectivity index (χ4v) is 3.85. The van der Waals surface area contributed by atoms with Gasteiger partial charge in [-0.1, -0.05) is 20.8 Å². The van der Waals surface area contributed by atoms with Crippen molar-refractivity contribution in [1.82, 2.24) is 9.80 Å². The number of carboxylic acid groups (broad SMARTS) is 1. The van der Waals surface area contributed by atoms with Crippen LogP contribution in [0.4, 0.5) is 0 Å². The third kappa shape index (κ3) is 3.76. The molecule has 0 aliphatic carbocycles. The molecule has 2 saturated heterocycles. The summed E-state index contributed by atoms with van der Waals surface area (Å²) in [4.78, 5) is 27.9. The molecule has 0 aromatic carbocycles. The molecule has 1 amide bonds. The number of rotatable bonds is 3. The highest BCUT2D eigenvalue weighted by molar-refractivity contribution is 5.80. The van der Waals surface area contributed by atoms with E-state index < -0.39 is 12.0 Å². The molecule has 2 heterocycles. The van der Waals surface area contributed by atoms with Crippen LogP contribution in [0.3, 0.4) is 0 Å².